The standard InChI is InChI=1S/C12H16N2O2S/c1-3-17(15,16)9-8-14(2)12-6-4-11(10-13)5-7-12/h4-7H,3,8-9H2,1-2H3. The second kappa shape index (κ2) is 5.69. The average Bonchev–Trinajstić information content (AvgIpc) is 2.36. The van der Waals surface area contributed by atoms with Crippen LogP contribution >= 0.6 is 0 Å². The van der Waals surface area contributed by atoms with E-state index in [1.165, 1.54) is 0 Å². The van der Waals surface area contributed by atoms with Crippen LogP contribution in [0.15, 0.2) is 24.3 Å². The Bertz CT molecular complexity index is 500. The lowest BCUT2D eigenvalue weighted by molar-refractivity contribution is 0.596. The van der Waals surface area contributed by atoms with Crippen LogP contribution in [0.5, 0.6) is 0 Å². The van der Waals surface area contributed by atoms with Gasteiger partial charge in [-0.25, -0.2) is 8.42 Å². The third kappa shape index (κ3) is 4.08. The molecule has 1 aromatic rings. The molecule has 0 aliphatic rings. The molecule has 1 aromatic carbocycles. The maximum atomic E-state index is 11.4. The summed E-state index contributed by atoms with van der Waals surface area (Å²) in [4.78, 5) is 1.87. The molecule has 1 rings (SSSR count). The van der Waals surface area contributed by atoms with Gasteiger partial charge in [-0.15, -0.1) is 0 Å². The number of nitrogens with zero attached hydrogens (tertiary/aromatic N) is 2. The first-order chi connectivity index (χ1) is 7.98. The lowest BCUT2D eigenvalue weighted by Crippen LogP contribution is -2.26. The zero-order valence-electron chi connectivity index (χ0n) is 10.0. The summed E-state index contributed by atoms with van der Waals surface area (Å²) in [6.07, 6.45) is 0. The molecule has 4 nitrogen and oxygen atoms in total. The van der Waals surface area contributed by atoms with Crippen LogP contribution in [0.4, 0.5) is 5.69 Å². The van der Waals surface area contributed by atoms with E-state index in [4.69, 9.17) is 5.26 Å². The summed E-state index contributed by atoms with van der Waals surface area (Å²) in [5.74, 6) is 0.328. The molecule has 0 saturated heterocycles. The van der Waals surface area contributed by atoms with Crippen LogP contribution in [-0.2, 0) is 9.84 Å². The van der Waals surface area contributed by atoms with Gasteiger partial charge in [0.05, 0.1) is 17.4 Å². The van der Waals surface area contributed by atoms with Gasteiger partial charge in [0.2, 0.25) is 0 Å². The Morgan fingerprint density at radius 3 is 2.35 bits per heavy atom. The Balaban J connectivity index is 2.64. The summed E-state index contributed by atoms with van der Waals surface area (Å²) in [6.45, 7) is 2.11. The summed E-state index contributed by atoms with van der Waals surface area (Å²) < 4.78 is 22.7. The molecule has 0 amide bonds. The van der Waals surface area contributed by atoms with Crippen molar-refractivity contribution in [2.75, 3.05) is 30.0 Å². The largest absolute Gasteiger partial charge is 0.374 e. The number of sulfone groups is 1. The van der Waals surface area contributed by atoms with Crippen molar-refractivity contribution < 1.29 is 8.42 Å². The van der Waals surface area contributed by atoms with Crippen LogP contribution in [0.3, 0.4) is 0 Å². The highest BCUT2D eigenvalue weighted by atomic mass is 32.2. The molecule has 92 valence electrons. The molecule has 0 aromatic heterocycles. The molecule has 0 saturated carbocycles. The number of anilines is 1. The van der Waals surface area contributed by atoms with Gasteiger partial charge >= 0.3 is 0 Å². The molecule has 0 unspecified atom stereocenters. The molecule has 0 bridgehead atoms. The second-order valence-corrected chi connectivity index (χ2v) is 6.29. The van der Waals surface area contributed by atoms with Crippen molar-refractivity contribution in [2.45, 2.75) is 6.92 Å². The number of hydrogen-bond donors (Lipinski definition) is 0. The normalized spacial score (nSPS) is 10.9. The zero-order valence-corrected chi connectivity index (χ0v) is 10.9. The lowest BCUT2D eigenvalue weighted by atomic mass is 10.2. The highest BCUT2D eigenvalue weighted by molar-refractivity contribution is 7.91. The zero-order chi connectivity index (χ0) is 12.9. The second-order valence-electron chi connectivity index (χ2n) is 3.82. The molecule has 0 N–H and O–H groups in total. The fourth-order valence-corrected chi connectivity index (χ4v) is 2.18. The smallest absolute Gasteiger partial charge is 0.151 e. The van der Waals surface area contributed by atoms with E-state index in [1.807, 2.05) is 30.1 Å². The highest BCUT2D eigenvalue weighted by Crippen LogP contribution is 2.13. The first-order valence-corrected chi connectivity index (χ1v) is 7.22. The third-order valence-electron chi connectivity index (χ3n) is 2.61. The van der Waals surface area contributed by atoms with Crippen molar-refractivity contribution in [2.24, 2.45) is 0 Å². The molecule has 0 spiro atoms. The van der Waals surface area contributed by atoms with E-state index in [0.29, 0.717) is 12.1 Å². The minimum Gasteiger partial charge on any atom is -0.374 e. The average molecular weight is 252 g/mol. The van der Waals surface area contributed by atoms with E-state index in [1.54, 1.807) is 19.1 Å². The maximum absolute atomic E-state index is 11.4. The Labute approximate surface area is 102 Å². The Morgan fingerprint density at radius 2 is 1.88 bits per heavy atom. The third-order valence-corrected chi connectivity index (χ3v) is 4.30. The summed E-state index contributed by atoms with van der Waals surface area (Å²) in [6, 6.07) is 9.12. The molecule has 0 fully saturated rings. The van der Waals surface area contributed by atoms with Crippen LogP contribution in [0, 0.1) is 11.3 Å². The molecule has 0 heterocycles. The van der Waals surface area contributed by atoms with Gasteiger partial charge in [-0.2, -0.15) is 5.26 Å². The van der Waals surface area contributed by atoms with Gasteiger partial charge in [0.25, 0.3) is 0 Å². The Kier molecular flexibility index (Phi) is 4.53. The summed E-state index contributed by atoms with van der Waals surface area (Å²) in [5.41, 5.74) is 1.51. The molecule has 0 radical (unpaired) electrons. The van der Waals surface area contributed by atoms with Crippen LogP contribution in [0.1, 0.15) is 12.5 Å². The van der Waals surface area contributed by atoms with Crippen molar-refractivity contribution in [1.29, 1.82) is 5.26 Å². The van der Waals surface area contributed by atoms with E-state index in [9.17, 15) is 8.42 Å². The van der Waals surface area contributed by atoms with Crippen molar-refractivity contribution in [3.8, 4) is 6.07 Å². The lowest BCUT2D eigenvalue weighted by Gasteiger charge is -2.18. The quantitative estimate of drug-likeness (QED) is 0.795. The van der Waals surface area contributed by atoms with E-state index in [-0.39, 0.29) is 11.5 Å². The van der Waals surface area contributed by atoms with Crippen LogP contribution in [-0.4, -0.2) is 33.5 Å². The molecule has 17 heavy (non-hydrogen) atoms. The van der Waals surface area contributed by atoms with Crippen molar-refractivity contribution in [3.63, 3.8) is 0 Å². The van der Waals surface area contributed by atoms with Gasteiger partial charge in [-0.05, 0) is 24.3 Å². The van der Waals surface area contributed by atoms with Gasteiger partial charge < -0.3 is 4.90 Å². The van der Waals surface area contributed by atoms with E-state index < -0.39 is 9.84 Å². The van der Waals surface area contributed by atoms with Gasteiger partial charge in [0, 0.05) is 25.0 Å². The first kappa shape index (κ1) is 13.5. The number of nitriles is 1. The van der Waals surface area contributed by atoms with Crippen LogP contribution in [0.2, 0.25) is 0 Å². The minimum atomic E-state index is -2.93. The molecule has 0 aliphatic heterocycles. The van der Waals surface area contributed by atoms with Crippen molar-refractivity contribution in [1.82, 2.24) is 0 Å². The maximum Gasteiger partial charge on any atom is 0.151 e. The Hall–Kier alpha value is -1.54. The van der Waals surface area contributed by atoms with Gasteiger partial charge in [-0.1, -0.05) is 6.92 Å². The fraction of sp³-hybridized carbons (Fsp3) is 0.417. The summed E-state index contributed by atoms with van der Waals surface area (Å²) in [7, 11) is -1.09. The highest BCUT2D eigenvalue weighted by Gasteiger charge is 2.09. The first-order valence-electron chi connectivity index (χ1n) is 5.40. The summed E-state index contributed by atoms with van der Waals surface area (Å²) >= 11 is 0. The number of benzene rings is 1. The molecular weight excluding hydrogens is 236 g/mol. The van der Waals surface area contributed by atoms with E-state index >= 15 is 0 Å². The van der Waals surface area contributed by atoms with E-state index in [2.05, 4.69) is 0 Å². The minimum absolute atomic E-state index is 0.153. The monoisotopic (exact) mass is 252 g/mol. The molecule has 0 atom stereocenters. The fourth-order valence-electron chi connectivity index (χ4n) is 1.34. The SMILES string of the molecule is CCS(=O)(=O)CCN(C)c1ccc(C#N)cc1. The van der Waals surface area contributed by atoms with Gasteiger partial charge in [-0.3, -0.25) is 0 Å². The molecule has 0 aliphatic carbocycles. The summed E-state index contributed by atoms with van der Waals surface area (Å²) in [5, 5.41) is 8.67. The van der Waals surface area contributed by atoms with Crippen LogP contribution < -0.4 is 4.90 Å². The topological polar surface area (TPSA) is 61.2 Å². The molecule has 5 heteroatoms. The number of hydrogen-bond acceptors (Lipinski definition) is 4. The number of rotatable bonds is 5. The predicted molar refractivity (Wildman–Crippen MR) is 68.8 cm³/mol. The van der Waals surface area contributed by atoms with Crippen molar-refractivity contribution in [3.05, 3.63) is 29.8 Å². The van der Waals surface area contributed by atoms with Crippen molar-refractivity contribution >= 4 is 15.5 Å². The van der Waals surface area contributed by atoms with Crippen LogP contribution in [0.25, 0.3) is 0 Å². The predicted octanol–water partition coefficient (Wildman–Crippen LogP) is 1.43. The van der Waals surface area contributed by atoms with E-state index in [0.717, 1.165) is 5.69 Å². The molecular formula is C12H16N2O2S. The van der Waals surface area contributed by atoms with Gasteiger partial charge in [0.1, 0.15) is 0 Å². The Morgan fingerprint density at radius 1 is 1.29 bits per heavy atom. The van der Waals surface area contributed by atoms with Gasteiger partial charge in [0.15, 0.2) is 9.84 Å².